The molecule has 0 aliphatic carbocycles. The normalized spacial score (nSPS) is 25.8. The minimum absolute atomic E-state index is 0.815. The molecule has 50 valence electrons. The lowest BCUT2D eigenvalue weighted by Crippen LogP contribution is -2.23. The zero-order chi connectivity index (χ0) is 6.10. The van der Waals surface area contributed by atoms with Crippen LogP contribution in [0.3, 0.4) is 0 Å². The number of hydrazine groups is 1. The molecular weight excluding hydrogens is 116 g/mol. The Morgan fingerprint density at radius 1 is 1.44 bits per heavy atom. The van der Waals surface area contributed by atoms with Crippen molar-refractivity contribution < 1.29 is 4.74 Å². The highest BCUT2D eigenvalue weighted by atomic mass is 16.5. The third-order valence-electron chi connectivity index (χ3n) is 1.74. The Morgan fingerprint density at radius 2 is 2.44 bits per heavy atom. The molecule has 2 aliphatic heterocycles. The topological polar surface area (TPSA) is 33.3 Å². The Kier molecular flexibility index (Phi) is 1.17. The first-order chi connectivity index (χ1) is 4.47. The maximum Gasteiger partial charge on any atom is 0.0710 e. The average Bonchev–Trinajstić information content (AvgIpc) is 2.33. The van der Waals surface area contributed by atoms with Gasteiger partial charge in [-0.25, -0.2) is 5.43 Å². The van der Waals surface area contributed by atoms with Crippen LogP contribution in [-0.2, 0) is 4.74 Å². The van der Waals surface area contributed by atoms with Crippen molar-refractivity contribution in [2.75, 3.05) is 19.8 Å². The van der Waals surface area contributed by atoms with Crippen molar-refractivity contribution in [3.05, 3.63) is 11.3 Å². The molecule has 2 rings (SSSR count). The highest BCUT2D eigenvalue weighted by Gasteiger charge is 2.16. The lowest BCUT2D eigenvalue weighted by Gasteiger charge is -2.12. The average molecular weight is 126 g/mol. The van der Waals surface area contributed by atoms with Gasteiger partial charge in [0, 0.05) is 18.7 Å². The predicted octanol–water partition coefficient (Wildman–Crippen LogP) is -0.231. The first-order valence-electron chi connectivity index (χ1n) is 3.24. The molecule has 3 heteroatoms. The van der Waals surface area contributed by atoms with E-state index in [9.17, 15) is 0 Å². The van der Waals surface area contributed by atoms with Gasteiger partial charge in [-0.05, 0) is 5.57 Å². The second-order valence-corrected chi connectivity index (χ2v) is 2.36. The van der Waals surface area contributed by atoms with Crippen molar-refractivity contribution in [1.29, 1.82) is 0 Å². The SMILES string of the molecule is C1CC2=C(CNN2)CO1. The first-order valence-corrected chi connectivity index (χ1v) is 3.24. The Bertz CT molecular complexity index is 137. The van der Waals surface area contributed by atoms with E-state index in [4.69, 9.17) is 4.74 Å². The van der Waals surface area contributed by atoms with Crippen molar-refractivity contribution in [2.24, 2.45) is 0 Å². The van der Waals surface area contributed by atoms with E-state index in [0.717, 1.165) is 26.2 Å². The van der Waals surface area contributed by atoms with Gasteiger partial charge in [0.05, 0.1) is 13.2 Å². The van der Waals surface area contributed by atoms with Crippen LogP contribution in [0, 0.1) is 0 Å². The molecule has 0 aromatic carbocycles. The smallest absolute Gasteiger partial charge is 0.0710 e. The van der Waals surface area contributed by atoms with Crippen LogP contribution in [0.2, 0.25) is 0 Å². The highest BCUT2D eigenvalue weighted by Crippen LogP contribution is 2.14. The maximum absolute atomic E-state index is 5.25. The minimum atomic E-state index is 0.815. The molecule has 2 aliphatic rings. The van der Waals surface area contributed by atoms with Gasteiger partial charge in [-0.2, -0.15) is 0 Å². The van der Waals surface area contributed by atoms with E-state index >= 15 is 0 Å². The summed E-state index contributed by atoms with van der Waals surface area (Å²) >= 11 is 0. The van der Waals surface area contributed by atoms with E-state index in [1.807, 2.05) is 0 Å². The van der Waals surface area contributed by atoms with E-state index < -0.39 is 0 Å². The molecule has 0 amide bonds. The molecule has 9 heavy (non-hydrogen) atoms. The molecule has 0 fully saturated rings. The fourth-order valence-electron chi connectivity index (χ4n) is 1.20. The molecule has 0 radical (unpaired) electrons. The quantitative estimate of drug-likeness (QED) is 0.470. The van der Waals surface area contributed by atoms with E-state index in [2.05, 4.69) is 10.9 Å². The van der Waals surface area contributed by atoms with E-state index in [1.165, 1.54) is 11.3 Å². The van der Waals surface area contributed by atoms with Crippen LogP contribution < -0.4 is 10.9 Å². The lowest BCUT2D eigenvalue weighted by molar-refractivity contribution is 0.146. The summed E-state index contributed by atoms with van der Waals surface area (Å²) in [6.45, 7) is 2.64. The van der Waals surface area contributed by atoms with Crippen LogP contribution in [0.5, 0.6) is 0 Å². The summed E-state index contributed by atoms with van der Waals surface area (Å²) in [4.78, 5) is 0. The third-order valence-corrected chi connectivity index (χ3v) is 1.74. The standard InChI is InChI=1S/C6H10N2O/c1-2-9-4-5-3-7-8-6(1)5/h7-8H,1-4H2. The third kappa shape index (κ3) is 0.821. The van der Waals surface area contributed by atoms with Gasteiger partial charge in [-0.3, -0.25) is 0 Å². The monoisotopic (exact) mass is 126 g/mol. The van der Waals surface area contributed by atoms with Gasteiger partial charge in [0.2, 0.25) is 0 Å². The predicted molar refractivity (Wildman–Crippen MR) is 33.6 cm³/mol. The first kappa shape index (κ1) is 5.26. The summed E-state index contributed by atoms with van der Waals surface area (Å²) in [5, 5.41) is 0. The number of nitrogens with one attached hydrogen (secondary N) is 2. The van der Waals surface area contributed by atoms with E-state index in [-0.39, 0.29) is 0 Å². The molecule has 0 aromatic rings. The van der Waals surface area contributed by atoms with Gasteiger partial charge < -0.3 is 10.2 Å². The Balaban J connectivity index is 2.17. The van der Waals surface area contributed by atoms with Crippen molar-refractivity contribution >= 4 is 0 Å². The van der Waals surface area contributed by atoms with Gasteiger partial charge in [0.1, 0.15) is 0 Å². The van der Waals surface area contributed by atoms with Crippen molar-refractivity contribution in [3.8, 4) is 0 Å². The molecule has 0 unspecified atom stereocenters. The summed E-state index contributed by atoms with van der Waals surface area (Å²) in [6, 6.07) is 0. The molecule has 2 N–H and O–H groups in total. The van der Waals surface area contributed by atoms with Crippen molar-refractivity contribution in [3.63, 3.8) is 0 Å². The van der Waals surface area contributed by atoms with Crippen LogP contribution >= 0.6 is 0 Å². The number of rotatable bonds is 0. The summed E-state index contributed by atoms with van der Waals surface area (Å²) in [6.07, 6.45) is 1.04. The fraction of sp³-hybridized carbons (Fsp3) is 0.667. The lowest BCUT2D eigenvalue weighted by atomic mass is 10.1. The summed E-state index contributed by atoms with van der Waals surface area (Å²) in [5.41, 5.74) is 8.91. The van der Waals surface area contributed by atoms with Crippen molar-refractivity contribution in [2.45, 2.75) is 6.42 Å². The second-order valence-electron chi connectivity index (χ2n) is 2.36. The van der Waals surface area contributed by atoms with E-state index in [1.54, 1.807) is 0 Å². The second kappa shape index (κ2) is 2.01. The van der Waals surface area contributed by atoms with Crippen LogP contribution in [0.25, 0.3) is 0 Å². The summed E-state index contributed by atoms with van der Waals surface area (Å²) in [7, 11) is 0. The van der Waals surface area contributed by atoms with Crippen LogP contribution in [-0.4, -0.2) is 19.8 Å². The Hall–Kier alpha value is -0.540. The molecule has 0 saturated carbocycles. The molecule has 0 bridgehead atoms. The maximum atomic E-state index is 5.25. The highest BCUT2D eigenvalue weighted by molar-refractivity contribution is 5.20. The Morgan fingerprint density at radius 3 is 3.33 bits per heavy atom. The fourth-order valence-corrected chi connectivity index (χ4v) is 1.20. The van der Waals surface area contributed by atoms with Gasteiger partial charge >= 0.3 is 0 Å². The minimum Gasteiger partial charge on any atom is -0.377 e. The summed E-state index contributed by atoms with van der Waals surface area (Å²) in [5.74, 6) is 0. The molecule has 3 nitrogen and oxygen atoms in total. The largest absolute Gasteiger partial charge is 0.377 e. The number of hydrogen-bond donors (Lipinski definition) is 2. The molecule has 0 saturated heterocycles. The number of hydrogen-bond acceptors (Lipinski definition) is 3. The zero-order valence-corrected chi connectivity index (χ0v) is 5.24. The Labute approximate surface area is 54.0 Å². The van der Waals surface area contributed by atoms with Gasteiger partial charge in [-0.1, -0.05) is 0 Å². The zero-order valence-electron chi connectivity index (χ0n) is 5.24. The molecule has 0 atom stereocenters. The van der Waals surface area contributed by atoms with Gasteiger partial charge in [0.15, 0.2) is 0 Å². The van der Waals surface area contributed by atoms with Crippen LogP contribution in [0.4, 0.5) is 0 Å². The van der Waals surface area contributed by atoms with Gasteiger partial charge in [-0.15, -0.1) is 0 Å². The van der Waals surface area contributed by atoms with Gasteiger partial charge in [0.25, 0.3) is 0 Å². The molecule has 2 heterocycles. The number of ether oxygens (including phenoxy) is 1. The van der Waals surface area contributed by atoms with Crippen LogP contribution in [0.1, 0.15) is 6.42 Å². The van der Waals surface area contributed by atoms with E-state index in [0.29, 0.717) is 0 Å². The van der Waals surface area contributed by atoms with Crippen molar-refractivity contribution in [1.82, 2.24) is 10.9 Å². The summed E-state index contributed by atoms with van der Waals surface area (Å²) < 4.78 is 5.25. The molecule has 0 aromatic heterocycles. The molecular formula is C6H10N2O. The van der Waals surface area contributed by atoms with Crippen LogP contribution in [0.15, 0.2) is 11.3 Å². The molecule has 0 spiro atoms.